The Morgan fingerprint density at radius 3 is 2.76 bits per heavy atom. The molecule has 138 valence electrons. The topological polar surface area (TPSA) is 92.8 Å². The first-order valence-corrected chi connectivity index (χ1v) is 9.51. The Labute approximate surface area is 146 Å². The average Bonchev–Trinajstić information content (AvgIpc) is 3.08. The van der Waals surface area contributed by atoms with Crippen LogP contribution in [0.25, 0.3) is 0 Å². The van der Waals surface area contributed by atoms with Crippen LogP contribution in [0.15, 0.2) is 29.2 Å². The first kappa shape index (κ1) is 19.3. The number of amides is 1. The Balaban J connectivity index is 2.08. The van der Waals surface area contributed by atoms with Crippen LogP contribution < -0.4 is 5.32 Å². The van der Waals surface area contributed by atoms with E-state index in [1.54, 1.807) is 0 Å². The largest absolute Gasteiger partial charge is 0.454 e. The molecule has 0 aromatic heterocycles. The number of benzene rings is 1. The zero-order chi connectivity index (χ0) is 18.4. The molecule has 9 heteroatoms. The third kappa shape index (κ3) is 4.55. The molecule has 0 unspecified atom stereocenters. The van der Waals surface area contributed by atoms with Crippen molar-refractivity contribution in [1.82, 2.24) is 9.62 Å². The van der Waals surface area contributed by atoms with E-state index in [4.69, 9.17) is 4.74 Å². The maximum absolute atomic E-state index is 13.9. The van der Waals surface area contributed by atoms with Crippen molar-refractivity contribution in [3.8, 4) is 0 Å². The van der Waals surface area contributed by atoms with Gasteiger partial charge in [0.15, 0.2) is 6.61 Å². The SMILES string of the molecule is CCCNC(=O)COC(=O)[C@@H]1CCCN1S(=O)(=O)c1ccccc1F. The fourth-order valence-corrected chi connectivity index (χ4v) is 4.31. The van der Waals surface area contributed by atoms with Gasteiger partial charge in [-0.25, -0.2) is 12.8 Å². The number of nitrogens with zero attached hydrogens (tertiary/aromatic N) is 1. The van der Waals surface area contributed by atoms with Crippen LogP contribution in [0.1, 0.15) is 26.2 Å². The van der Waals surface area contributed by atoms with E-state index in [0.717, 1.165) is 22.9 Å². The zero-order valence-corrected chi connectivity index (χ0v) is 14.7. The molecule has 0 radical (unpaired) electrons. The molecule has 1 aromatic rings. The zero-order valence-electron chi connectivity index (χ0n) is 13.9. The summed E-state index contributed by atoms with van der Waals surface area (Å²) in [5.41, 5.74) is 0. The third-order valence-corrected chi connectivity index (χ3v) is 5.76. The van der Waals surface area contributed by atoms with Crippen molar-refractivity contribution in [3.05, 3.63) is 30.1 Å². The van der Waals surface area contributed by atoms with Crippen molar-refractivity contribution in [2.45, 2.75) is 37.1 Å². The molecule has 1 aliphatic rings. The molecule has 0 saturated carbocycles. The van der Waals surface area contributed by atoms with Crippen LogP contribution in [-0.2, 0) is 24.3 Å². The summed E-state index contributed by atoms with van der Waals surface area (Å²) in [6.45, 7) is 1.98. The van der Waals surface area contributed by atoms with Gasteiger partial charge in [0.1, 0.15) is 16.8 Å². The van der Waals surface area contributed by atoms with Crippen LogP contribution in [0.2, 0.25) is 0 Å². The fourth-order valence-electron chi connectivity index (χ4n) is 2.59. The highest BCUT2D eigenvalue weighted by Gasteiger charge is 2.41. The van der Waals surface area contributed by atoms with Crippen molar-refractivity contribution < 1.29 is 27.1 Å². The molecule has 1 aromatic carbocycles. The number of nitrogens with one attached hydrogen (secondary N) is 1. The first-order chi connectivity index (χ1) is 11.9. The van der Waals surface area contributed by atoms with E-state index in [9.17, 15) is 22.4 Å². The summed E-state index contributed by atoms with van der Waals surface area (Å²) in [4.78, 5) is 23.2. The van der Waals surface area contributed by atoms with Gasteiger partial charge in [-0.15, -0.1) is 0 Å². The minimum absolute atomic E-state index is 0.0957. The predicted octanol–water partition coefficient (Wildman–Crippen LogP) is 1.05. The molecular formula is C16H21FN2O5S. The summed E-state index contributed by atoms with van der Waals surface area (Å²) >= 11 is 0. The first-order valence-electron chi connectivity index (χ1n) is 8.07. The summed E-state index contributed by atoms with van der Waals surface area (Å²) in [5.74, 6) is -2.12. The molecule has 1 saturated heterocycles. The van der Waals surface area contributed by atoms with Crippen molar-refractivity contribution >= 4 is 21.9 Å². The van der Waals surface area contributed by atoms with E-state index in [-0.39, 0.29) is 13.0 Å². The molecule has 0 spiro atoms. The van der Waals surface area contributed by atoms with Crippen LogP contribution in [0.3, 0.4) is 0 Å². The van der Waals surface area contributed by atoms with E-state index in [2.05, 4.69) is 5.32 Å². The molecular weight excluding hydrogens is 351 g/mol. The molecule has 1 N–H and O–H groups in total. The van der Waals surface area contributed by atoms with Gasteiger partial charge >= 0.3 is 5.97 Å². The Kier molecular flexibility index (Phi) is 6.49. The number of carbonyl (C=O) groups is 2. The van der Waals surface area contributed by atoms with E-state index < -0.39 is 45.3 Å². The van der Waals surface area contributed by atoms with E-state index in [1.807, 2.05) is 6.92 Å². The van der Waals surface area contributed by atoms with Gasteiger partial charge in [0.2, 0.25) is 10.0 Å². The van der Waals surface area contributed by atoms with Crippen LogP contribution in [0, 0.1) is 5.82 Å². The van der Waals surface area contributed by atoms with Crippen molar-refractivity contribution in [3.63, 3.8) is 0 Å². The number of esters is 1. The van der Waals surface area contributed by atoms with Crippen molar-refractivity contribution in [2.75, 3.05) is 19.7 Å². The summed E-state index contributed by atoms with van der Waals surface area (Å²) in [6, 6.07) is 3.96. The molecule has 0 bridgehead atoms. The maximum Gasteiger partial charge on any atom is 0.324 e. The lowest BCUT2D eigenvalue weighted by Crippen LogP contribution is -2.42. The molecule has 1 aliphatic heterocycles. The van der Waals surface area contributed by atoms with Gasteiger partial charge < -0.3 is 10.1 Å². The van der Waals surface area contributed by atoms with Crippen LogP contribution in [0.4, 0.5) is 4.39 Å². The van der Waals surface area contributed by atoms with Crippen molar-refractivity contribution in [2.24, 2.45) is 0 Å². The van der Waals surface area contributed by atoms with Gasteiger partial charge in [-0.1, -0.05) is 19.1 Å². The summed E-state index contributed by atoms with van der Waals surface area (Å²) in [6.07, 6.45) is 1.47. The lowest BCUT2D eigenvalue weighted by atomic mass is 10.2. The lowest BCUT2D eigenvalue weighted by Gasteiger charge is -2.22. The van der Waals surface area contributed by atoms with Gasteiger partial charge in [-0.3, -0.25) is 9.59 Å². The number of hydrogen-bond acceptors (Lipinski definition) is 5. The number of ether oxygens (including phenoxy) is 1. The second-order valence-electron chi connectivity index (χ2n) is 5.66. The average molecular weight is 372 g/mol. The quantitative estimate of drug-likeness (QED) is 0.722. The highest BCUT2D eigenvalue weighted by atomic mass is 32.2. The fraction of sp³-hybridized carbons (Fsp3) is 0.500. The smallest absolute Gasteiger partial charge is 0.324 e. The highest BCUT2D eigenvalue weighted by molar-refractivity contribution is 7.89. The van der Waals surface area contributed by atoms with Gasteiger partial charge in [0.25, 0.3) is 5.91 Å². The molecule has 1 amide bonds. The van der Waals surface area contributed by atoms with Crippen LogP contribution in [-0.4, -0.2) is 50.3 Å². The molecule has 7 nitrogen and oxygen atoms in total. The normalized spacial score (nSPS) is 18.1. The minimum Gasteiger partial charge on any atom is -0.454 e. The second-order valence-corrected chi connectivity index (χ2v) is 7.52. The second kappa shape index (κ2) is 8.39. The molecule has 2 rings (SSSR count). The summed E-state index contributed by atoms with van der Waals surface area (Å²) in [5, 5.41) is 2.56. The Bertz CT molecular complexity index is 738. The molecule has 1 atom stereocenters. The molecule has 25 heavy (non-hydrogen) atoms. The Hall–Kier alpha value is -2.00. The monoisotopic (exact) mass is 372 g/mol. The van der Waals surface area contributed by atoms with Gasteiger partial charge in [0, 0.05) is 13.1 Å². The Morgan fingerprint density at radius 2 is 2.08 bits per heavy atom. The highest BCUT2D eigenvalue weighted by Crippen LogP contribution is 2.28. The lowest BCUT2D eigenvalue weighted by molar-refractivity contribution is -0.151. The summed E-state index contributed by atoms with van der Waals surface area (Å²) in [7, 11) is -4.16. The van der Waals surface area contributed by atoms with E-state index in [0.29, 0.717) is 13.0 Å². The number of halogens is 1. The molecule has 1 heterocycles. The number of rotatable bonds is 7. The standard InChI is InChI=1S/C16H21FN2O5S/c1-2-9-18-15(20)11-24-16(21)13-7-5-10-19(13)25(22,23)14-8-4-3-6-12(14)17/h3-4,6,8,13H,2,5,7,9-11H2,1H3,(H,18,20)/t13-/m0/s1. The van der Waals surface area contributed by atoms with Gasteiger partial charge in [-0.2, -0.15) is 4.31 Å². The van der Waals surface area contributed by atoms with E-state index in [1.165, 1.54) is 12.1 Å². The van der Waals surface area contributed by atoms with Gasteiger partial charge in [0.05, 0.1) is 0 Å². The number of sulfonamides is 1. The van der Waals surface area contributed by atoms with Gasteiger partial charge in [-0.05, 0) is 31.4 Å². The Morgan fingerprint density at radius 1 is 1.36 bits per heavy atom. The third-order valence-electron chi connectivity index (χ3n) is 3.82. The number of hydrogen-bond donors (Lipinski definition) is 1. The van der Waals surface area contributed by atoms with Crippen molar-refractivity contribution in [1.29, 1.82) is 0 Å². The van der Waals surface area contributed by atoms with Crippen LogP contribution in [0.5, 0.6) is 0 Å². The minimum atomic E-state index is -4.16. The number of carbonyl (C=O) groups excluding carboxylic acids is 2. The molecule has 0 aliphatic carbocycles. The van der Waals surface area contributed by atoms with E-state index >= 15 is 0 Å². The summed E-state index contributed by atoms with van der Waals surface area (Å²) < 4.78 is 45.0. The molecule has 1 fully saturated rings. The van der Waals surface area contributed by atoms with Crippen LogP contribution >= 0.6 is 0 Å². The maximum atomic E-state index is 13.9. The predicted molar refractivity (Wildman–Crippen MR) is 87.6 cm³/mol.